The number of anilines is 1. The van der Waals surface area contributed by atoms with Gasteiger partial charge in [-0.05, 0) is 43.4 Å². The Morgan fingerprint density at radius 1 is 1.13 bits per heavy atom. The predicted molar refractivity (Wildman–Crippen MR) is 109 cm³/mol. The Hall–Kier alpha value is -3.05. The first-order valence-electron chi connectivity index (χ1n) is 10.2. The SMILES string of the molecule is N#Cc1ncc(C(=O)N2CCCCC2)c(N2CC[C@H](N)C2)c1-c1cc(F)cc(F)c1. The topological polar surface area (TPSA) is 86.2 Å². The van der Waals surface area contributed by atoms with Gasteiger partial charge in [0.25, 0.3) is 5.91 Å². The molecule has 30 heavy (non-hydrogen) atoms. The van der Waals surface area contributed by atoms with Crippen LogP contribution in [-0.4, -0.2) is 48.0 Å². The summed E-state index contributed by atoms with van der Waals surface area (Å²) in [4.78, 5) is 21.3. The van der Waals surface area contributed by atoms with Crippen molar-refractivity contribution in [3.63, 3.8) is 0 Å². The van der Waals surface area contributed by atoms with Gasteiger partial charge in [0.05, 0.1) is 11.3 Å². The van der Waals surface area contributed by atoms with Crippen molar-refractivity contribution in [1.29, 1.82) is 5.26 Å². The first-order valence-corrected chi connectivity index (χ1v) is 10.2. The van der Waals surface area contributed by atoms with E-state index in [4.69, 9.17) is 5.73 Å². The second-order valence-corrected chi connectivity index (χ2v) is 7.86. The molecule has 2 fully saturated rings. The fourth-order valence-corrected chi connectivity index (χ4v) is 4.30. The zero-order valence-electron chi connectivity index (χ0n) is 16.6. The van der Waals surface area contributed by atoms with Crippen LogP contribution < -0.4 is 10.6 Å². The summed E-state index contributed by atoms with van der Waals surface area (Å²) < 4.78 is 28.0. The lowest BCUT2D eigenvalue weighted by molar-refractivity contribution is 0.0724. The Balaban J connectivity index is 1.92. The normalized spacial score (nSPS) is 19.1. The maximum atomic E-state index is 14.0. The molecule has 2 aliphatic heterocycles. The molecule has 156 valence electrons. The van der Waals surface area contributed by atoms with E-state index in [9.17, 15) is 18.8 Å². The highest BCUT2D eigenvalue weighted by Crippen LogP contribution is 2.39. The minimum Gasteiger partial charge on any atom is -0.369 e. The van der Waals surface area contributed by atoms with Gasteiger partial charge in [0.1, 0.15) is 23.4 Å². The molecule has 2 N–H and O–H groups in total. The molecule has 2 aromatic rings. The highest BCUT2D eigenvalue weighted by atomic mass is 19.1. The molecular weight excluding hydrogens is 388 g/mol. The Morgan fingerprint density at radius 2 is 1.83 bits per heavy atom. The van der Waals surface area contributed by atoms with Crippen molar-refractivity contribution in [2.75, 3.05) is 31.1 Å². The molecule has 0 radical (unpaired) electrons. The summed E-state index contributed by atoms with van der Waals surface area (Å²) in [6.07, 6.45) is 5.08. The largest absolute Gasteiger partial charge is 0.369 e. The van der Waals surface area contributed by atoms with Gasteiger partial charge in [0, 0.05) is 50.0 Å². The Morgan fingerprint density at radius 3 is 2.43 bits per heavy atom. The third-order valence-electron chi connectivity index (χ3n) is 5.72. The predicted octanol–water partition coefficient (Wildman–Crippen LogP) is 3.06. The number of aromatic nitrogens is 1. The van der Waals surface area contributed by atoms with Crippen molar-refractivity contribution in [3.8, 4) is 17.2 Å². The molecule has 6 nitrogen and oxygen atoms in total. The van der Waals surface area contributed by atoms with Gasteiger partial charge in [-0.2, -0.15) is 5.26 Å². The third-order valence-corrected chi connectivity index (χ3v) is 5.72. The maximum absolute atomic E-state index is 14.0. The first kappa shape index (κ1) is 20.2. The molecule has 1 aromatic carbocycles. The van der Waals surface area contributed by atoms with E-state index in [2.05, 4.69) is 4.98 Å². The van der Waals surface area contributed by atoms with Crippen LogP contribution in [0.4, 0.5) is 14.5 Å². The Bertz CT molecular complexity index is 993. The van der Waals surface area contributed by atoms with Crippen LogP contribution in [-0.2, 0) is 0 Å². The van der Waals surface area contributed by atoms with Crippen molar-refractivity contribution in [2.24, 2.45) is 5.73 Å². The number of pyridine rings is 1. The molecule has 0 aliphatic carbocycles. The van der Waals surface area contributed by atoms with Crippen LogP contribution >= 0.6 is 0 Å². The molecule has 2 aliphatic rings. The summed E-state index contributed by atoms with van der Waals surface area (Å²) in [6, 6.07) is 5.03. The number of carbonyl (C=O) groups is 1. The summed E-state index contributed by atoms with van der Waals surface area (Å²) in [5.74, 6) is -1.70. The van der Waals surface area contributed by atoms with Gasteiger partial charge in [-0.15, -0.1) is 0 Å². The van der Waals surface area contributed by atoms with Crippen molar-refractivity contribution in [1.82, 2.24) is 9.88 Å². The van der Waals surface area contributed by atoms with E-state index in [0.29, 0.717) is 37.4 Å². The number of nitriles is 1. The molecule has 1 aromatic heterocycles. The van der Waals surface area contributed by atoms with Crippen LogP contribution in [0.15, 0.2) is 24.4 Å². The van der Waals surface area contributed by atoms with E-state index in [1.807, 2.05) is 11.0 Å². The van der Waals surface area contributed by atoms with Crippen molar-refractivity contribution in [3.05, 3.63) is 47.3 Å². The number of rotatable bonds is 3. The Kier molecular flexibility index (Phi) is 5.64. The van der Waals surface area contributed by atoms with Gasteiger partial charge < -0.3 is 15.5 Å². The van der Waals surface area contributed by atoms with Crippen molar-refractivity contribution in [2.45, 2.75) is 31.7 Å². The number of benzene rings is 1. The summed E-state index contributed by atoms with van der Waals surface area (Å²) in [6.45, 7) is 2.38. The molecule has 0 bridgehead atoms. The lowest BCUT2D eigenvalue weighted by atomic mass is 9.97. The molecule has 2 saturated heterocycles. The molecule has 1 atom stereocenters. The van der Waals surface area contributed by atoms with Crippen molar-refractivity contribution < 1.29 is 13.6 Å². The standard InChI is InChI=1S/C22H23F2N5O/c23-15-8-14(9-16(24)10-15)20-19(11-25)27-12-18(21(20)29-7-4-17(26)13-29)22(30)28-5-2-1-3-6-28/h8-10,12,17H,1-7,13,26H2/t17-/m0/s1. The fourth-order valence-electron chi connectivity index (χ4n) is 4.30. The van der Waals surface area contributed by atoms with Crippen molar-refractivity contribution >= 4 is 11.6 Å². The lowest BCUT2D eigenvalue weighted by Gasteiger charge is -2.30. The van der Waals surface area contributed by atoms with Crippen LogP contribution in [0.1, 0.15) is 41.7 Å². The second-order valence-electron chi connectivity index (χ2n) is 7.86. The quantitative estimate of drug-likeness (QED) is 0.839. The van der Waals surface area contributed by atoms with E-state index >= 15 is 0 Å². The van der Waals surface area contributed by atoms with Crippen LogP contribution in [0.25, 0.3) is 11.1 Å². The van der Waals surface area contributed by atoms with Gasteiger partial charge in [-0.25, -0.2) is 13.8 Å². The zero-order chi connectivity index (χ0) is 21.3. The van der Waals surface area contributed by atoms with E-state index in [1.165, 1.54) is 6.20 Å². The number of piperidine rings is 1. The molecule has 8 heteroatoms. The number of nitrogens with two attached hydrogens (primary N) is 1. The molecular formula is C22H23F2N5O. The molecule has 0 spiro atoms. The number of hydrogen-bond donors (Lipinski definition) is 1. The summed E-state index contributed by atoms with van der Waals surface area (Å²) >= 11 is 0. The number of amides is 1. The van der Waals surface area contributed by atoms with E-state index in [1.54, 1.807) is 4.90 Å². The minimum atomic E-state index is -0.759. The Labute approximate surface area is 173 Å². The highest BCUT2D eigenvalue weighted by Gasteiger charge is 2.31. The second kappa shape index (κ2) is 8.36. The number of likely N-dealkylation sites (tertiary alicyclic amines) is 1. The van der Waals surface area contributed by atoms with Crippen LogP contribution in [0.3, 0.4) is 0 Å². The molecule has 0 saturated carbocycles. The number of nitrogens with zero attached hydrogens (tertiary/aromatic N) is 4. The monoisotopic (exact) mass is 411 g/mol. The third kappa shape index (κ3) is 3.85. The highest BCUT2D eigenvalue weighted by molar-refractivity contribution is 6.04. The van der Waals surface area contributed by atoms with Gasteiger partial charge in [-0.1, -0.05) is 0 Å². The first-order chi connectivity index (χ1) is 14.5. The van der Waals surface area contributed by atoms with Gasteiger partial charge in [0.2, 0.25) is 0 Å². The smallest absolute Gasteiger partial charge is 0.257 e. The van der Waals surface area contributed by atoms with E-state index in [-0.39, 0.29) is 28.8 Å². The summed E-state index contributed by atoms with van der Waals surface area (Å²) in [5.41, 5.74) is 7.39. The maximum Gasteiger partial charge on any atom is 0.257 e. The summed E-state index contributed by atoms with van der Waals surface area (Å²) in [5, 5.41) is 9.68. The molecule has 4 rings (SSSR count). The number of halogens is 2. The van der Waals surface area contributed by atoms with Crippen LogP contribution in [0.5, 0.6) is 0 Å². The number of carbonyl (C=O) groups excluding carboxylic acids is 1. The molecule has 1 amide bonds. The average molecular weight is 411 g/mol. The van der Waals surface area contributed by atoms with E-state index in [0.717, 1.165) is 43.9 Å². The molecule has 3 heterocycles. The zero-order valence-corrected chi connectivity index (χ0v) is 16.6. The molecule has 0 unspecified atom stereocenters. The fraction of sp³-hybridized carbons (Fsp3) is 0.409. The van der Waals surface area contributed by atoms with Gasteiger partial charge in [0.15, 0.2) is 0 Å². The van der Waals surface area contributed by atoms with Gasteiger partial charge >= 0.3 is 0 Å². The summed E-state index contributed by atoms with van der Waals surface area (Å²) in [7, 11) is 0. The lowest BCUT2D eigenvalue weighted by Crippen LogP contribution is -2.37. The van der Waals surface area contributed by atoms with Crippen LogP contribution in [0.2, 0.25) is 0 Å². The van der Waals surface area contributed by atoms with E-state index < -0.39 is 11.6 Å². The minimum absolute atomic E-state index is 0.0191. The van der Waals surface area contributed by atoms with Crippen LogP contribution in [0, 0.1) is 23.0 Å². The average Bonchev–Trinajstić information content (AvgIpc) is 3.18. The van der Waals surface area contributed by atoms with Gasteiger partial charge in [-0.3, -0.25) is 4.79 Å². The number of hydrogen-bond acceptors (Lipinski definition) is 5.